The van der Waals surface area contributed by atoms with Crippen LogP contribution in [-0.2, 0) is 16.0 Å². The van der Waals surface area contributed by atoms with E-state index in [2.05, 4.69) is 10.3 Å². The molecule has 3 N–H and O–H groups in total. The van der Waals surface area contributed by atoms with Crippen molar-refractivity contribution < 1.29 is 9.59 Å². The highest BCUT2D eigenvalue weighted by Crippen LogP contribution is 2.16. The zero-order valence-corrected chi connectivity index (χ0v) is 16.2. The van der Waals surface area contributed by atoms with Crippen molar-refractivity contribution in [3.8, 4) is 0 Å². The Kier molecular flexibility index (Phi) is 11.4. The van der Waals surface area contributed by atoms with Crippen LogP contribution in [0.4, 0.5) is 0 Å². The zero-order valence-electron chi connectivity index (χ0n) is 14.5. The van der Waals surface area contributed by atoms with Crippen LogP contribution in [0.25, 0.3) is 0 Å². The summed E-state index contributed by atoms with van der Waals surface area (Å²) in [5, 5.41) is 2.98. The van der Waals surface area contributed by atoms with Crippen LogP contribution >= 0.6 is 24.8 Å². The molecule has 0 bridgehead atoms. The van der Waals surface area contributed by atoms with E-state index in [0.29, 0.717) is 19.6 Å². The molecule has 1 saturated heterocycles. The lowest BCUT2D eigenvalue weighted by molar-refractivity contribution is -0.131. The molecular weight excluding hydrogens is 363 g/mol. The summed E-state index contributed by atoms with van der Waals surface area (Å²) in [7, 11) is 0. The van der Waals surface area contributed by atoms with Crippen molar-refractivity contribution in [1.29, 1.82) is 0 Å². The topological polar surface area (TPSA) is 88.3 Å². The van der Waals surface area contributed by atoms with Gasteiger partial charge in [-0.3, -0.25) is 14.6 Å². The molecule has 2 rings (SSSR count). The van der Waals surface area contributed by atoms with Crippen LogP contribution in [0.15, 0.2) is 24.4 Å². The van der Waals surface area contributed by atoms with E-state index in [-0.39, 0.29) is 48.6 Å². The third-order valence-corrected chi connectivity index (χ3v) is 4.23. The molecule has 0 radical (unpaired) electrons. The van der Waals surface area contributed by atoms with Gasteiger partial charge < -0.3 is 16.0 Å². The summed E-state index contributed by atoms with van der Waals surface area (Å²) in [5.41, 5.74) is 7.01. The average molecular weight is 391 g/mol. The Morgan fingerprint density at radius 1 is 1.28 bits per heavy atom. The second-order valence-electron chi connectivity index (χ2n) is 6.17. The summed E-state index contributed by atoms with van der Waals surface area (Å²) >= 11 is 0. The average Bonchev–Trinajstić information content (AvgIpc) is 2.74. The number of carbonyl (C=O) groups excluding carboxylic acids is 2. The number of aryl methyl sites for hydroxylation is 1. The molecule has 1 aliphatic heterocycles. The molecule has 8 heteroatoms. The first-order chi connectivity index (χ1) is 11.1. The van der Waals surface area contributed by atoms with Crippen LogP contribution < -0.4 is 11.1 Å². The second-order valence-corrected chi connectivity index (χ2v) is 6.17. The number of halogens is 2. The maximum absolute atomic E-state index is 12.3. The van der Waals surface area contributed by atoms with Gasteiger partial charge in [-0.25, -0.2) is 0 Å². The minimum atomic E-state index is -0.165. The summed E-state index contributed by atoms with van der Waals surface area (Å²) in [4.78, 5) is 29.9. The lowest BCUT2D eigenvalue weighted by Crippen LogP contribution is -2.42. The number of amides is 2. The molecule has 2 heterocycles. The van der Waals surface area contributed by atoms with Crippen molar-refractivity contribution in [2.45, 2.75) is 38.6 Å². The van der Waals surface area contributed by atoms with Gasteiger partial charge in [0.05, 0.1) is 5.92 Å². The van der Waals surface area contributed by atoms with Gasteiger partial charge in [-0.15, -0.1) is 24.8 Å². The van der Waals surface area contributed by atoms with Crippen LogP contribution in [0.2, 0.25) is 0 Å². The fourth-order valence-corrected chi connectivity index (χ4v) is 2.86. The normalized spacial score (nSPS) is 19.8. The highest BCUT2D eigenvalue weighted by atomic mass is 35.5. The maximum atomic E-state index is 12.3. The SMILES string of the molecule is CC(=O)N1C[C@@H](N)CC[C@@H](C(=O)NCCCc2ccccn2)C1.Cl.Cl. The fraction of sp³-hybridized carbons (Fsp3) is 0.588. The monoisotopic (exact) mass is 390 g/mol. The minimum absolute atomic E-state index is 0. The Labute approximate surface area is 161 Å². The van der Waals surface area contributed by atoms with Crippen molar-refractivity contribution in [3.63, 3.8) is 0 Å². The summed E-state index contributed by atoms with van der Waals surface area (Å²) in [5.74, 6) is -0.163. The number of nitrogens with two attached hydrogens (primary N) is 1. The second kappa shape index (κ2) is 12.1. The van der Waals surface area contributed by atoms with Crippen molar-refractivity contribution in [2.24, 2.45) is 11.7 Å². The molecule has 0 spiro atoms. The predicted octanol–water partition coefficient (Wildman–Crippen LogP) is 1.56. The van der Waals surface area contributed by atoms with Gasteiger partial charge in [0.25, 0.3) is 0 Å². The van der Waals surface area contributed by atoms with E-state index < -0.39 is 0 Å². The standard InChI is InChI=1S/C17H26N4O2.2ClH/c1-13(22)21-11-14(7-8-15(18)12-21)17(23)20-10-4-6-16-5-2-3-9-19-16;;/h2-3,5,9,14-15H,4,6-8,10-12,18H2,1H3,(H,20,23);2*1H/t14-,15+;;/m1../s1. The van der Waals surface area contributed by atoms with Gasteiger partial charge >= 0.3 is 0 Å². The van der Waals surface area contributed by atoms with Crippen molar-refractivity contribution in [2.75, 3.05) is 19.6 Å². The van der Waals surface area contributed by atoms with Crippen LogP contribution in [0.5, 0.6) is 0 Å². The van der Waals surface area contributed by atoms with E-state index >= 15 is 0 Å². The Bertz CT molecular complexity index is 531. The van der Waals surface area contributed by atoms with Gasteiger partial charge in [-0.1, -0.05) is 6.07 Å². The zero-order chi connectivity index (χ0) is 16.7. The molecule has 1 aromatic rings. The lowest BCUT2D eigenvalue weighted by atomic mass is 10.0. The first kappa shape index (κ1) is 23.6. The Hall–Kier alpha value is -1.37. The molecule has 1 fully saturated rings. The molecule has 142 valence electrons. The van der Waals surface area contributed by atoms with Crippen LogP contribution in [0.3, 0.4) is 0 Å². The van der Waals surface area contributed by atoms with Crippen molar-refractivity contribution in [1.82, 2.24) is 15.2 Å². The molecule has 2 atom stereocenters. The molecule has 1 aromatic heterocycles. The van der Waals surface area contributed by atoms with Crippen molar-refractivity contribution in [3.05, 3.63) is 30.1 Å². The molecule has 0 aliphatic carbocycles. The molecule has 1 aliphatic rings. The maximum Gasteiger partial charge on any atom is 0.224 e. The number of nitrogens with one attached hydrogen (secondary N) is 1. The third kappa shape index (κ3) is 8.03. The Balaban J connectivity index is 0.00000288. The van der Waals surface area contributed by atoms with Gasteiger partial charge in [-0.2, -0.15) is 0 Å². The first-order valence-corrected chi connectivity index (χ1v) is 8.25. The smallest absolute Gasteiger partial charge is 0.224 e. The minimum Gasteiger partial charge on any atom is -0.356 e. The summed E-state index contributed by atoms with van der Waals surface area (Å²) in [6, 6.07) is 5.80. The fourth-order valence-electron chi connectivity index (χ4n) is 2.86. The van der Waals surface area contributed by atoms with Crippen LogP contribution in [-0.4, -0.2) is 47.4 Å². The van der Waals surface area contributed by atoms with E-state index in [1.54, 1.807) is 11.1 Å². The van der Waals surface area contributed by atoms with Gasteiger partial charge in [0, 0.05) is 44.5 Å². The molecule has 25 heavy (non-hydrogen) atoms. The van der Waals surface area contributed by atoms with Gasteiger partial charge in [-0.05, 0) is 37.8 Å². The summed E-state index contributed by atoms with van der Waals surface area (Å²) < 4.78 is 0. The highest BCUT2D eigenvalue weighted by molar-refractivity contribution is 5.85. The van der Waals surface area contributed by atoms with Gasteiger partial charge in [0.1, 0.15) is 0 Å². The number of hydrogen-bond acceptors (Lipinski definition) is 4. The number of nitrogens with zero attached hydrogens (tertiary/aromatic N) is 2. The van der Waals surface area contributed by atoms with E-state index in [1.165, 1.54) is 6.92 Å². The Morgan fingerprint density at radius 2 is 2.04 bits per heavy atom. The van der Waals surface area contributed by atoms with Crippen LogP contribution in [0, 0.1) is 5.92 Å². The molecular formula is C17H28Cl2N4O2. The van der Waals surface area contributed by atoms with E-state index in [4.69, 9.17) is 5.73 Å². The number of carbonyl (C=O) groups is 2. The lowest BCUT2D eigenvalue weighted by Gasteiger charge is -2.23. The van der Waals surface area contributed by atoms with E-state index in [0.717, 1.165) is 31.4 Å². The first-order valence-electron chi connectivity index (χ1n) is 8.25. The molecule has 2 amide bonds. The third-order valence-electron chi connectivity index (χ3n) is 4.23. The number of pyridine rings is 1. The summed E-state index contributed by atoms with van der Waals surface area (Å²) in [6.07, 6.45) is 4.98. The highest BCUT2D eigenvalue weighted by Gasteiger charge is 2.27. The van der Waals surface area contributed by atoms with Gasteiger partial charge in [0.2, 0.25) is 11.8 Å². The van der Waals surface area contributed by atoms with E-state index in [1.807, 2.05) is 18.2 Å². The predicted molar refractivity (Wildman–Crippen MR) is 103 cm³/mol. The largest absolute Gasteiger partial charge is 0.356 e. The molecule has 6 nitrogen and oxygen atoms in total. The van der Waals surface area contributed by atoms with Crippen LogP contribution in [0.1, 0.15) is 31.9 Å². The Morgan fingerprint density at radius 3 is 2.68 bits per heavy atom. The summed E-state index contributed by atoms with van der Waals surface area (Å²) in [6.45, 7) is 3.16. The number of hydrogen-bond donors (Lipinski definition) is 2. The number of likely N-dealkylation sites (tertiary alicyclic amines) is 1. The van der Waals surface area contributed by atoms with E-state index in [9.17, 15) is 9.59 Å². The van der Waals surface area contributed by atoms with Crippen molar-refractivity contribution >= 4 is 36.6 Å². The van der Waals surface area contributed by atoms with Gasteiger partial charge in [0.15, 0.2) is 0 Å². The molecule has 0 unspecified atom stereocenters. The molecule has 0 saturated carbocycles. The number of aromatic nitrogens is 1. The quantitative estimate of drug-likeness (QED) is 0.746. The molecule has 0 aromatic carbocycles. The number of rotatable bonds is 5.